The third-order valence-corrected chi connectivity index (χ3v) is 4.74. The summed E-state index contributed by atoms with van der Waals surface area (Å²) >= 11 is 1.37. The molecule has 23 heavy (non-hydrogen) atoms. The number of hydrogen-bond acceptors (Lipinski definition) is 4. The van der Waals surface area contributed by atoms with E-state index in [1.54, 1.807) is 0 Å². The molecule has 3 rings (SSSR count). The summed E-state index contributed by atoms with van der Waals surface area (Å²) in [5, 5.41) is 12.0. The Kier molecular flexibility index (Phi) is 4.85. The first-order valence-corrected chi connectivity index (χ1v) is 8.52. The zero-order valence-corrected chi connectivity index (χ0v) is 13.8. The number of carbonyl (C=O) groups excluding carboxylic acids is 1. The summed E-state index contributed by atoms with van der Waals surface area (Å²) < 4.78 is 13.0. The molecule has 2 amide bonds. The largest absolute Gasteiger partial charge is 0.324 e. The number of likely N-dealkylation sites (tertiary alicyclic amines) is 1. The number of aryl methyl sites for hydroxylation is 1. The van der Waals surface area contributed by atoms with E-state index in [4.69, 9.17) is 0 Å². The lowest BCUT2D eigenvalue weighted by molar-refractivity contribution is 0.177. The first kappa shape index (κ1) is 15.9. The van der Waals surface area contributed by atoms with Gasteiger partial charge in [-0.1, -0.05) is 23.5 Å². The molecule has 1 atom stereocenters. The molecule has 1 N–H and O–H groups in total. The molecule has 1 aliphatic rings. The molecule has 1 aromatic heterocycles. The van der Waals surface area contributed by atoms with Crippen molar-refractivity contribution in [2.45, 2.75) is 26.2 Å². The number of urea groups is 1. The van der Waals surface area contributed by atoms with Crippen molar-refractivity contribution in [2.24, 2.45) is 5.92 Å². The number of amides is 2. The van der Waals surface area contributed by atoms with E-state index in [1.165, 1.54) is 23.5 Å². The second-order valence-electron chi connectivity index (χ2n) is 5.84. The molecule has 1 fully saturated rings. The van der Waals surface area contributed by atoms with Crippen LogP contribution in [0.25, 0.3) is 0 Å². The SMILES string of the molecule is Cc1nnc(NC(=O)N2CCC[C@H](Cc3ccc(F)cc3)C2)s1. The topological polar surface area (TPSA) is 58.1 Å². The smallest absolute Gasteiger partial charge is 0.323 e. The van der Waals surface area contributed by atoms with Gasteiger partial charge in [-0.05, 0) is 49.8 Å². The van der Waals surface area contributed by atoms with E-state index < -0.39 is 0 Å². The summed E-state index contributed by atoms with van der Waals surface area (Å²) in [5.41, 5.74) is 1.11. The molecule has 5 nitrogen and oxygen atoms in total. The predicted octanol–water partition coefficient (Wildman–Crippen LogP) is 3.47. The Labute approximate surface area is 138 Å². The normalized spacial score (nSPS) is 18.0. The first-order chi connectivity index (χ1) is 11.1. The summed E-state index contributed by atoms with van der Waals surface area (Å²) in [6.07, 6.45) is 2.93. The molecule has 1 aliphatic heterocycles. The Morgan fingerprint density at radius 2 is 2.17 bits per heavy atom. The van der Waals surface area contributed by atoms with Gasteiger partial charge in [-0.3, -0.25) is 5.32 Å². The van der Waals surface area contributed by atoms with Crippen molar-refractivity contribution in [2.75, 3.05) is 18.4 Å². The summed E-state index contributed by atoms with van der Waals surface area (Å²) in [6.45, 7) is 3.32. The van der Waals surface area contributed by atoms with Crippen LogP contribution in [-0.4, -0.2) is 34.2 Å². The van der Waals surface area contributed by atoms with Crippen LogP contribution in [0.4, 0.5) is 14.3 Å². The molecule has 122 valence electrons. The number of aromatic nitrogens is 2. The van der Waals surface area contributed by atoms with Gasteiger partial charge in [0.15, 0.2) is 0 Å². The number of benzene rings is 1. The predicted molar refractivity (Wildman–Crippen MR) is 88.1 cm³/mol. The maximum atomic E-state index is 13.0. The molecule has 1 aromatic carbocycles. The lowest BCUT2D eigenvalue weighted by atomic mass is 9.91. The number of carbonyl (C=O) groups is 1. The third kappa shape index (κ3) is 4.25. The van der Waals surface area contributed by atoms with Crippen LogP contribution < -0.4 is 5.32 Å². The second-order valence-corrected chi connectivity index (χ2v) is 7.02. The van der Waals surface area contributed by atoms with E-state index in [1.807, 2.05) is 24.0 Å². The second kappa shape index (κ2) is 7.04. The quantitative estimate of drug-likeness (QED) is 0.935. The number of piperidine rings is 1. The summed E-state index contributed by atoms with van der Waals surface area (Å²) in [6, 6.07) is 6.49. The van der Waals surface area contributed by atoms with Crippen molar-refractivity contribution in [3.8, 4) is 0 Å². The van der Waals surface area contributed by atoms with Gasteiger partial charge < -0.3 is 4.90 Å². The van der Waals surface area contributed by atoms with Crippen molar-refractivity contribution >= 4 is 22.5 Å². The molecule has 2 heterocycles. The van der Waals surface area contributed by atoms with Crippen LogP contribution in [0.3, 0.4) is 0 Å². The standard InChI is InChI=1S/C16H19FN4OS/c1-11-19-20-15(23-11)18-16(22)21-8-2-3-13(10-21)9-12-4-6-14(17)7-5-12/h4-7,13H,2-3,8-10H2,1H3,(H,18,20,22)/t13-/m1/s1. The number of rotatable bonds is 3. The Bertz CT molecular complexity index is 673. The Morgan fingerprint density at radius 1 is 1.39 bits per heavy atom. The zero-order chi connectivity index (χ0) is 16.2. The van der Waals surface area contributed by atoms with E-state index in [0.29, 0.717) is 17.6 Å². The minimum atomic E-state index is -0.217. The molecule has 2 aromatic rings. The minimum Gasteiger partial charge on any atom is -0.324 e. The molecule has 1 saturated heterocycles. The molecule has 7 heteroatoms. The Hall–Kier alpha value is -2.02. The lowest BCUT2D eigenvalue weighted by Crippen LogP contribution is -2.42. The van der Waals surface area contributed by atoms with Gasteiger partial charge in [0.1, 0.15) is 10.8 Å². The molecule has 0 aliphatic carbocycles. The Balaban J connectivity index is 1.57. The van der Waals surface area contributed by atoms with Gasteiger partial charge in [-0.15, -0.1) is 10.2 Å². The van der Waals surface area contributed by atoms with E-state index >= 15 is 0 Å². The van der Waals surface area contributed by atoms with E-state index in [2.05, 4.69) is 15.5 Å². The van der Waals surface area contributed by atoms with Crippen LogP contribution in [0.15, 0.2) is 24.3 Å². The van der Waals surface area contributed by atoms with Gasteiger partial charge >= 0.3 is 6.03 Å². The number of halogens is 1. The number of anilines is 1. The summed E-state index contributed by atoms with van der Waals surface area (Å²) in [5.74, 6) is 0.182. The highest BCUT2D eigenvalue weighted by Gasteiger charge is 2.24. The highest BCUT2D eigenvalue weighted by atomic mass is 32.1. The number of hydrogen-bond donors (Lipinski definition) is 1. The molecule has 0 spiro atoms. The molecule has 0 unspecified atom stereocenters. The van der Waals surface area contributed by atoms with Crippen LogP contribution in [0, 0.1) is 18.7 Å². The Morgan fingerprint density at radius 3 is 2.87 bits per heavy atom. The van der Waals surface area contributed by atoms with Crippen molar-refractivity contribution in [3.63, 3.8) is 0 Å². The fraction of sp³-hybridized carbons (Fsp3) is 0.438. The van der Waals surface area contributed by atoms with Gasteiger partial charge in [0.05, 0.1) is 0 Å². The van der Waals surface area contributed by atoms with Crippen LogP contribution in [0.1, 0.15) is 23.4 Å². The van der Waals surface area contributed by atoms with Crippen molar-refractivity contribution in [1.82, 2.24) is 15.1 Å². The van der Waals surface area contributed by atoms with Gasteiger partial charge in [0.2, 0.25) is 5.13 Å². The lowest BCUT2D eigenvalue weighted by Gasteiger charge is -2.32. The van der Waals surface area contributed by atoms with Crippen LogP contribution in [0.2, 0.25) is 0 Å². The molecular formula is C16H19FN4OS. The van der Waals surface area contributed by atoms with Gasteiger partial charge in [0.25, 0.3) is 0 Å². The van der Waals surface area contributed by atoms with Crippen molar-refractivity contribution in [3.05, 3.63) is 40.7 Å². The maximum absolute atomic E-state index is 13.0. The molecular weight excluding hydrogens is 315 g/mol. The summed E-state index contributed by atoms with van der Waals surface area (Å²) in [7, 11) is 0. The fourth-order valence-electron chi connectivity index (χ4n) is 2.89. The van der Waals surface area contributed by atoms with Crippen LogP contribution >= 0.6 is 11.3 Å². The average Bonchev–Trinajstić information content (AvgIpc) is 2.95. The molecule has 0 saturated carbocycles. The number of nitrogens with one attached hydrogen (secondary N) is 1. The van der Waals surface area contributed by atoms with Gasteiger partial charge in [0, 0.05) is 13.1 Å². The van der Waals surface area contributed by atoms with E-state index in [-0.39, 0.29) is 11.8 Å². The fourth-order valence-corrected chi connectivity index (χ4v) is 3.47. The summed E-state index contributed by atoms with van der Waals surface area (Å²) in [4.78, 5) is 14.2. The minimum absolute atomic E-state index is 0.120. The van der Waals surface area contributed by atoms with Gasteiger partial charge in [-0.25, -0.2) is 9.18 Å². The van der Waals surface area contributed by atoms with Crippen LogP contribution in [0.5, 0.6) is 0 Å². The zero-order valence-electron chi connectivity index (χ0n) is 13.0. The third-order valence-electron chi connectivity index (χ3n) is 3.98. The van der Waals surface area contributed by atoms with Gasteiger partial charge in [-0.2, -0.15) is 0 Å². The number of nitrogens with zero attached hydrogens (tertiary/aromatic N) is 3. The molecule has 0 bridgehead atoms. The van der Waals surface area contributed by atoms with Crippen LogP contribution in [-0.2, 0) is 6.42 Å². The van der Waals surface area contributed by atoms with E-state index in [9.17, 15) is 9.18 Å². The van der Waals surface area contributed by atoms with Crippen molar-refractivity contribution in [1.29, 1.82) is 0 Å². The average molecular weight is 334 g/mol. The highest BCUT2D eigenvalue weighted by Crippen LogP contribution is 2.22. The first-order valence-electron chi connectivity index (χ1n) is 7.70. The maximum Gasteiger partial charge on any atom is 0.323 e. The van der Waals surface area contributed by atoms with Crippen molar-refractivity contribution < 1.29 is 9.18 Å². The highest BCUT2D eigenvalue weighted by molar-refractivity contribution is 7.15. The monoisotopic (exact) mass is 334 g/mol. The molecule has 0 radical (unpaired) electrons. The van der Waals surface area contributed by atoms with E-state index in [0.717, 1.165) is 36.4 Å².